The second kappa shape index (κ2) is 3.15. The van der Waals surface area contributed by atoms with E-state index in [1.807, 2.05) is 0 Å². The number of Topliss-reactive ketones (excluding diaryl/α,β-unsaturated/α-hetero) is 1. The van der Waals surface area contributed by atoms with Crippen LogP contribution in [0.25, 0.3) is 11.1 Å². The van der Waals surface area contributed by atoms with Gasteiger partial charge >= 0.3 is 0 Å². The molecule has 0 bridgehead atoms. The van der Waals surface area contributed by atoms with Crippen molar-refractivity contribution in [1.29, 1.82) is 0 Å². The molecule has 1 aromatic heterocycles. The summed E-state index contributed by atoms with van der Waals surface area (Å²) in [5, 5.41) is 9.20. The van der Waals surface area contributed by atoms with Crippen LogP contribution in [0.15, 0.2) is 29.0 Å². The van der Waals surface area contributed by atoms with Gasteiger partial charge in [-0.2, -0.15) is 0 Å². The van der Waals surface area contributed by atoms with E-state index in [1.165, 1.54) is 6.39 Å². The Hall–Kier alpha value is -1.68. The van der Waals surface area contributed by atoms with Crippen molar-refractivity contribution < 1.29 is 14.3 Å². The van der Waals surface area contributed by atoms with E-state index in [1.54, 1.807) is 18.2 Å². The normalized spacial score (nSPS) is 17.6. The summed E-state index contributed by atoms with van der Waals surface area (Å²) in [7, 11) is 0. The highest BCUT2D eigenvalue weighted by Gasteiger charge is 2.49. The van der Waals surface area contributed by atoms with Crippen LogP contribution in [0.2, 0.25) is 0 Å². The molecule has 0 unspecified atom stereocenters. The van der Waals surface area contributed by atoms with E-state index in [4.69, 9.17) is 4.42 Å². The van der Waals surface area contributed by atoms with Crippen LogP contribution >= 0.6 is 0 Å². The highest BCUT2D eigenvalue weighted by Crippen LogP contribution is 2.47. The minimum Gasteiger partial charge on any atom is -0.443 e. The van der Waals surface area contributed by atoms with Crippen molar-refractivity contribution in [2.24, 2.45) is 5.41 Å². The summed E-state index contributed by atoms with van der Waals surface area (Å²) in [5.41, 5.74) is 1.43. The van der Waals surface area contributed by atoms with E-state index in [-0.39, 0.29) is 12.4 Å². The molecule has 16 heavy (non-hydrogen) atoms. The summed E-state index contributed by atoms with van der Waals surface area (Å²) in [6.45, 7) is -0.0692. The summed E-state index contributed by atoms with van der Waals surface area (Å²) in [6.07, 6.45) is 2.91. The predicted octanol–water partition coefficient (Wildman–Crippen LogP) is 1.78. The Labute approximate surface area is 91.9 Å². The number of nitrogens with zero attached hydrogens (tertiary/aromatic N) is 1. The molecule has 0 radical (unpaired) electrons. The molecule has 1 aliphatic carbocycles. The van der Waals surface area contributed by atoms with Crippen molar-refractivity contribution >= 4 is 16.9 Å². The number of ketones is 1. The van der Waals surface area contributed by atoms with Crippen LogP contribution in [0, 0.1) is 5.41 Å². The van der Waals surface area contributed by atoms with E-state index in [2.05, 4.69) is 4.98 Å². The number of oxazole rings is 1. The third kappa shape index (κ3) is 1.27. The highest BCUT2D eigenvalue weighted by atomic mass is 16.3. The first kappa shape index (κ1) is 9.54. The molecule has 4 heteroatoms. The number of benzene rings is 1. The molecule has 2 aromatic rings. The molecule has 0 saturated heterocycles. The van der Waals surface area contributed by atoms with Gasteiger partial charge in [-0.1, -0.05) is 0 Å². The van der Waals surface area contributed by atoms with Gasteiger partial charge in [0, 0.05) is 5.56 Å². The van der Waals surface area contributed by atoms with Crippen molar-refractivity contribution in [2.45, 2.75) is 12.8 Å². The predicted molar refractivity (Wildman–Crippen MR) is 57.1 cm³/mol. The molecule has 0 spiro atoms. The second-order valence-corrected chi connectivity index (χ2v) is 4.30. The van der Waals surface area contributed by atoms with Gasteiger partial charge in [-0.25, -0.2) is 4.98 Å². The summed E-state index contributed by atoms with van der Waals surface area (Å²) in [4.78, 5) is 16.1. The molecule has 0 aliphatic heterocycles. The first-order valence-corrected chi connectivity index (χ1v) is 5.24. The Bertz CT molecular complexity index is 554. The van der Waals surface area contributed by atoms with Crippen molar-refractivity contribution in [3.63, 3.8) is 0 Å². The van der Waals surface area contributed by atoms with Crippen LogP contribution < -0.4 is 0 Å². The third-order valence-corrected chi connectivity index (χ3v) is 3.23. The monoisotopic (exact) mass is 217 g/mol. The van der Waals surface area contributed by atoms with Crippen LogP contribution in [-0.4, -0.2) is 22.5 Å². The zero-order valence-corrected chi connectivity index (χ0v) is 8.64. The van der Waals surface area contributed by atoms with Gasteiger partial charge in [0.1, 0.15) is 5.52 Å². The minimum absolute atomic E-state index is 0.00769. The number of carbonyl (C=O) groups excluding carboxylic acids is 1. The van der Waals surface area contributed by atoms with Crippen LogP contribution in [0.1, 0.15) is 23.2 Å². The Balaban J connectivity index is 2.02. The molecule has 1 fully saturated rings. The number of aliphatic hydroxyl groups excluding tert-OH is 1. The molecule has 4 nitrogen and oxygen atoms in total. The second-order valence-electron chi connectivity index (χ2n) is 4.30. The zero-order chi connectivity index (χ0) is 11.2. The molecular weight excluding hydrogens is 206 g/mol. The lowest BCUT2D eigenvalue weighted by Crippen LogP contribution is -2.19. The molecule has 82 valence electrons. The number of fused-ring (bicyclic) bond motifs is 1. The quantitative estimate of drug-likeness (QED) is 0.796. The first-order chi connectivity index (χ1) is 7.75. The highest BCUT2D eigenvalue weighted by molar-refractivity contribution is 6.04. The average Bonchev–Trinajstić information content (AvgIpc) is 2.98. The van der Waals surface area contributed by atoms with Gasteiger partial charge in [0.25, 0.3) is 0 Å². The summed E-state index contributed by atoms with van der Waals surface area (Å²) in [5.74, 6) is 0.00769. The maximum Gasteiger partial charge on any atom is 0.181 e. The molecule has 0 amide bonds. The number of carbonyl (C=O) groups is 1. The Morgan fingerprint density at radius 2 is 2.31 bits per heavy atom. The van der Waals surface area contributed by atoms with Gasteiger partial charge in [-0.3, -0.25) is 4.79 Å². The largest absolute Gasteiger partial charge is 0.443 e. The third-order valence-electron chi connectivity index (χ3n) is 3.23. The first-order valence-electron chi connectivity index (χ1n) is 5.24. The van der Waals surface area contributed by atoms with Crippen LogP contribution in [0.3, 0.4) is 0 Å². The Morgan fingerprint density at radius 1 is 1.50 bits per heavy atom. The molecular formula is C12H11NO3. The van der Waals surface area contributed by atoms with Gasteiger partial charge in [-0.15, -0.1) is 0 Å². The SMILES string of the molecule is O=C(c1ccc2ncoc2c1)C1(CO)CC1. The molecule has 1 aliphatic rings. The molecule has 0 atom stereocenters. The lowest BCUT2D eigenvalue weighted by atomic mass is 9.95. The Kier molecular flexibility index (Phi) is 1.88. The van der Waals surface area contributed by atoms with Crippen molar-refractivity contribution in [2.75, 3.05) is 6.61 Å². The molecule has 3 rings (SSSR count). The molecule has 1 heterocycles. The van der Waals surface area contributed by atoms with Gasteiger partial charge in [0.2, 0.25) is 0 Å². The zero-order valence-electron chi connectivity index (χ0n) is 8.64. The number of aliphatic hydroxyl groups is 1. The fourth-order valence-electron chi connectivity index (χ4n) is 1.91. The van der Waals surface area contributed by atoms with Crippen LogP contribution in [-0.2, 0) is 0 Å². The van der Waals surface area contributed by atoms with E-state index >= 15 is 0 Å². The minimum atomic E-state index is -0.520. The standard InChI is InChI=1S/C12H11NO3/c14-6-12(3-4-12)11(15)8-1-2-9-10(5-8)16-7-13-9/h1-2,5,7,14H,3-4,6H2. The van der Waals surface area contributed by atoms with E-state index in [9.17, 15) is 9.90 Å². The van der Waals surface area contributed by atoms with E-state index in [0.717, 1.165) is 18.4 Å². The summed E-state index contributed by atoms with van der Waals surface area (Å²) < 4.78 is 5.15. The number of hydrogen-bond acceptors (Lipinski definition) is 4. The number of aromatic nitrogens is 1. The van der Waals surface area contributed by atoms with Crippen molar-refractivity contribution in [3.05, 3.63) is 30.2 Å². The summed E-state index contributed by atoms with van der Waals surface area (Å²) in [6, 6.07) is 5.20. The van der Waals surface area contributed by atoms with E-state index in [0.29, 0.717) is 11.1 Å². The van der Waals surface area contributed by atoms with Crippen LogP contribution in [0.4, 0.5) is 0 Å². The van der Waals surface area contributed by atoms with Gasteiger partial charge < -0.3 is 9.52 Å². The van der Waals surface area contributed by atoms with Crippen molar-refractivity contribution in [1.82, 2.24) is 4.98 Å². The Morgan fingerprint density at radius 3 is 3.00 bits per heavy atom. The van der Waals surface area contributed by atoms with Gasteiger partial charge in [-0.05, 0) is 31.0 Å². The number of rotatable bonds is 3. The molecule has 1 N–H and O–H groups in total. The average molecular weight is 217 g/mol. The molecule has 1 saturated carbocycles. The summed E-state index contributed by atoms with van der Waals surface area (Å²) >= 11 is 0. The maximum atomic E-state index is 12.1. The topological polar surface area (TPSA) is 63.3 Å². The smallest absolute Gasteiger partial charge is 0.181 e. The van der Waals surface area contributed by atoms with Gasteiger partial charge in [0.05, 0.1) is 12.0 Å². The van der Waals surface area contributed by atoms with Gasteiger partial charge in [0.15, 0.2) is 17.8 Å². The fourth-order valence-corrected chi connectivity index (χ4v) is 1.91. The van der Waals surface area contributed by atoms with E-state index < -0.39 is 5.41 Å². The van der Waals surface area contributed by atoms with Crippen LogP contribution in [0.5, 0.6) is 0 Å². The van der Waals surface area contributed by atoms with Crippen molar-refractivity contribution in [3.8, 4) is 0 Å². The lowest BCUT2D eigenvalue weighted by Gasteiger charge is -2.09. The lowest BCUT2D eigenvalue weighted by molar-refractivity contribution is 0.0829. The molecule has 1 aromatic carbocycles. The fraction of sp³-hybridized carbons (Fsp3) is 0.333. The maximum absolute atomic E-state index is 12.1. The number of hydrogen-bond donors (Lipinski definition) is 1.